The first kappa shape index (κ1) is 20.5. The number of ether oxygens (including phenoxy) is 1. The Labute approximate surface area is 180 Å². The maximum atomic E-state index is 13.5. The van der Waals surface area contributed by atoms with E-state index in [1.807, 2.05) is 37.3 Å². The Morgan fingerprint density at radius 1 is 1.23 bits per heavy atom. The summed E-state index contributed by atoms with van der Waals surface area (Å²) in [7, 11) is 0. The average Bonchev–Trinajstić information content (AvgIpc) is 3.31. The monoisotopic (exact) mass is 439 g/mol. The number of hydrogen-bond donors (Lipinski definition) is 3. The number of aromatic nitrogens is 2. The lowest BCUT2D eigenvalue weighted by atomic mass is 10.1. The van der Waals surface area contributed by atoms with E-state index in [-0.39, 0.29) is 28.2 Å². The molecule has 0 aliphatic carbocycles. The highest BCUT2D eigenvalue weighted by Gasteiger charge is 2.19. The number of rotatable bonds is 6. The van der Waals surface area contributed by atoms with Gasteiger partial charge in [-0.05, 0) is 31.5 Å². The van der Waals surface area contributed by atoms with E-state index in [1.54, 1.807) is 0 Å². The summed E-state index contributed by atoms with van der Waals surface area (Å²) >= 11 is 1.11. The van der Waals surface area contributed by atoms with Crippen molar-refractivity contribution in [1.82, 2.24) is 9.97 Å². The van der Waals surface area contributed by atoms with Gasteiger partial charge in [-0.25, -0.2) is 14.2 Å². The van der Waals surface area contributed by atoms with Gasteiger partial charge >= 0.3 is 5.97 Å². The maximum Gasteiger partial charge on any atom is 0.335 e. The second-order valence-electron chi connectivity index (χ2n) is 6.93. The molecule has 3 N–H and O–H groups in total. The number of carboxylic acid groups (broad SMARTS) is 1. The predicted octanol–water partition coefficient (Wildman–Crippen LogP) is 5.16. The third kappa shape index (κ3) is 4.26. The number of hydrogen-bond acceptors (Lipinski definition) is 5. The van der Waals surface area contributed by atoms with E-state index in [9.17, 15) is 19.1 Å². The van der Waals surface area contributed by atoms with Crippen LogP contribution in [-0.4, -0.2) is 27.0 Å². The fraction of sp³-hybridized carbons (Fsp3) is 0.136. The van der Waals surface area contributed by atoms with Gasteiger partial charge in [0.25, 0.3) is 5.91 Å². The zero-order valence-electron chi connectivity index (χ0n) is 16.6. The Morgan fingerprint density at radius 2 is 1.97 bits per heavy atom. The van der Waals surface area contributed by atoms with E-state index in [4.69, 9.17) is 4.74 Å². The molecule has 158 valence electrons. The normalized spacial score (nSPS) is 12.0. The molecular formula is C22H18FN3O4S. The SMILES string of the molecule is Cc1[nH]c(C(=O)Nc2nc3c(O[C@@H](C)c4ccccc4)cc(C(=O)O)cc3s2)cc1F. The van der Waals surface area contributed by atoms with E-state index in [2.05, 4.69) is 15.3 Å². The number of H-pyrrole nitrogens is 1. The number of thiazole rings is 1. The fourth-order valence-electron chi connectivity index (χ4n) is 3.07. The second-order valence-corrected chi connectivity index (χ2v) is 7.96. The standard InChI is InChI=1S/C22H18FN3O4S/c1-11-15(23)10-16(24-11)20(27)26-22-25-19-17(8-14(21(28)29)9-18(19)31-22)30-12(2)13-6-4-3-5-7-13/h3-10,12,24H,1-2H3,(H,28,29)(H,25,26,27)/t12-/m0/s1. The van der Waals surface area contributed by atoms with Crippen LogP contribution in [0.25, 0.3) is 10.2 Å². The molecule has 0 radical (unpaired) electrons. The highest BCUT2D eigenvalue weighted by molar-refractivity contribution is 7.22. The molecule has 0 saturated heterocycles. The molecule has 0 aliphatic heterocycles. The van der Waals surface area contributed by atoms with Gasteiger partial charge in [-0.15, -0.1) is 0 Å². The van der Waals surface area contributed by atoms with Crippen LogP contribution in [0.1, 0.15) is 45.1 Å². The van der Waals surface area contributed by atoms with Crippen molar-refractivity contribution >= 4 is 38.6 Å². The lowest BCUT2D eigenvalue weighted by Gasteiger charge is -2.15. The van der Waals surface area contributed by atoms with Crippen molar-refractivity contribution in [2.75, 3.05) is 5.32 Å². The zero-order chi connectivity index (χ0) is 22.1. The minimum atomic E-state index is -1.10. The van der Waals surface area contributed by atoms with Gasteiger partial charge in [0.2, 0.25) is 0 Å². The van der Waals surface area contributed by atoms with Crippen molar-refractivity contribution in [2.45, 2.75) is 20.0 Å². The van der Waals surface area contributed by atoms with Crippen LogP contribution in [0.5, 0.6) is 5.75 Å². The minimum Gasteiger partial charge on any atom is -0.484 e. The Kier molecular flexibility index (Phi) is 5.43. The van der Waals surface area contributed by atoms with E-state index in [0.717, 1.165) is 23.0 Å². The molecule has 4 aromatic rings. The van der Waals surface area contributed by atoms with Crippen LogP contribution in [0.15, 0.2) is 48.5 Å². The van der Waals surface area contributed by atoms with Crippen LogP contribution in [-0.2, 0) is 0 Å². The molecule has 2 aromatic heterocycles. The molecule has 2 aromatic carbocycles. The number of aryl methyl sites for hydroxylation is 1. The summed E-state index contributed by atoms with van der Waals surface area (Å²) in [6.45, 7) is 3.38. The van der Waals surface area contributed by atoms with E-state index in [1.165, 1.54) is 19.1 Å². The van der Waals surface area contributed by atoms with Crippen LogP contribution < -0.4 is 10.1 Å². The van der Waals surface area contributed by atoms with Gasteiger partial charge in [0.1, 0.15) is 28.9 Å². The summed E-state index contributed by atoms with van der Waals surface area (Å²) < 4.78 is 20.1. The molecule has 1 amide bonds. The number of nitrogens with one attached hydrogen (secondary N) is 2. The topological polar surface area (TPSA) is 104 Å². The van der Waals surface area contributed by atoms with E-state index in [0.29, 0.717) is 16.0 Å². The van der Waals surface area contributed by atoms with Crippen molar-refractivity contribution in [3.63, 3.8) is 0 Å². The number of benzene rings is 2. The van der Waals surface area contributed by atoms with Gasteiger partial charge in [-0.3, -0.25) is 10.1 Å². The highest BCUT2D eigenvalue weighted by Crippen LogP contribution is 2.36. The summed E-state index contributed by atoms with van der Waals surface area (Å²) in [4.78, 5) is 31.1. The van der Waals surface area contributed by atoms with Crippen LogP contribution in [0.4, 0.5) is 9.52 Å². The first-order chi connectivity index (χ1) is 14.8. The lowest BCUT2D eigenvalue weighted by molar-refractivity contribution is 0.0696. The second kappa shape index (κ2) is 8.19. The van der Waals surface area contributed by atoms with Gasteiger partial charge in [-0.1, -0.05) is 41.7 Å². The lowest BCUT2D eigenvalue weighted by Crippen LogP contribution is -2.12. The number of halogens is 1. The number of carbonyl (C=O) groups is 2. The molecule has 0 aliphatic rings. The number of aromatic carboxylic acids is 1. The van der Waals surface area contributed by atoms with Crippen molar-refractivity contribution in [1.29, 1.82) is 0 Å². The van der Waals surface area contributed by atoms with Crippen LogP contribution in [0.3, 0.4) is 0 Å². The quantitative estimate of drug-likeness (QED) is 0.385. The van der Waals surface area contributed by atoms with Crippen molar-refractivity contribution in [3.05, 3.63) is 76.9 Å². The molecule has 0 saturated carbocycles. The Balaban J connectivity index is 1.67. The highest BCUT2D eigenvalue weighted by atomic mass is 32.1. The first-order valence-corrected chi connectivity index (χ1v) is 10.2. The van der Waals surface area contributed by atoms with E-state index < -0.39 is 17.7 Å². The minimum absolute atomic E-state index is 0.0475. The molecule has 0 bridgehead atoms. The Bertz CT molecular complexity index is 1260. The fourth-order valence-corrected chi connectivity index (χ4v) is 3.99. The van der Waals surface area contributed by atoms with Gasteiger partial charge in [-0.2, -0.15) is 0 Å². The first-order valence-electron chi connectivity index (χ1n) is 9.37. The number of aromatic amines is 1. The molecule has 4 rings (SSSR count). The predicted molar refractivity (Wildman–Crippen MR) is 116 cm³/mol. The number of anilines is 1. The van der Waals surface area contributed by atoms with Gasteiger partial charge in [0, 0.05) is 11.8 Å². The third-order valence-electron chi connectivity index (χ3n) is 4.70. The number of fused-ring (bicyclic) bond motifs is 1. The molecule has 0 spiro atoms. The van der Waals surface area contributed by atoms with Crippen LogP contribution >= 0.6 is 11.3 Å². The van der Waals surface area contributed by atoms with Crippen LogP contribution in [0.2, 0.25) is 0 Å². The Morgan fingerprint density at radius 3 is 2.61 bits per heavy atom. The number of carbonyl (C=O) groups excluding carboxylic acids is 1. The third-order valence-corrected chi connectivity index (χ3v) is 5.61. The molecule has 0 unspecified atom stereocenters. The zero-order valence-corrected chi connectivity index (χ0v) is 17.4. The molecule has 2 heterocycles. The summed E-state index contributed by atoms with van der Waals surface area (Å²) in [5.74, 6) is -1.86. The van der Waals surface area contributed by atoms with Crippen molar-refractivity contribution < 1.29 is 23.8 Å². The maximum absolute atomic E-state index is 13.5. The summed E-state index contributed by atoms with van der Waals surface area (Å²) in [6.07, 6.45) is -0.349. The smallest absolute Gasteiger partial charge is 0.335 e. The van der Waals surface area contributed by atoms with Gasteiger partial charge in [0.05, 0.1) is 10.3 Å². The molecule has 7 nitrogen and oxygen atoms in total. The number of amides is 1. The average molecular weight is 439 g/mol. The van der Waals surface area contributed by atoms with Gasteiger partial charge < -0.3 is 14.8 Å². The number of carboxylic acids is 1. The van der Waals surface area contributed by atoms with E-state index >= 15 is 0 Å². The van der Waals surface area contributed by atoms with Gasteiger partial charge in [0.15, 0.2) is 5.13 Å². The molecular weight excluding hydrogens is 421 g/mol. The summed E-state index contributed by atoms with van der Waals surface area (Å²) in [5, 5.41) is 12.3. The molecule has 9 heteroatoms. The molecule has 0 fully saturated rings. The van der Waals surface area contributed by atoms with Crippen molar-refractivity contribution in [3.8, 4) is 5.75 Å². The number of nitrogens with zero attached hydrogens (tertiary/aromatic N) is 1. The largest absolute Gasteiger partial charge is 0.484 e. The summed E-state index contributed by atoms with van der Waals surface area (Å²) in [6, 6.07) is 13.5. The Hall–Kier alpha value is -3.72. The molecule has 31 heavy (non-hydrogen) atoms. The summed E-state index contributed by atoms with van der Waals surface area (Å²) in [5.41, 5.74) is 1.72. The molecule has 1 atom stereocenters. The van der Waals surface area contributed by atoms with Crippen molar-refractivity contribution in [2.24, 2.45) is 0 Å². The van der Waals surface area contributed by atoms with Crippen LogP contribution in [0, 0.1) is 12.7 Å².